The zero-order valence-corrected chi connectivity index (χ0v) is 7.60. The third kappa shape index (κ3) is 2.01. The van der Waals surface area contributed by atoms with Gasteiger partial charge in [0.2, 0.25) is 0 Å². The zero-order valence-electron chi connectivity index (χ0n) is 7.60. The van der Waals surface area contributed by atoms with Gasteiger partial charge in [-0.05, 0) is 12.1 Å². The molecule has 5 heteroatoms. The summed E-state index contributed by atoms with van der Waals surface area (Å²) in [6, 6.07) is 6.24. The van der Waals surface area contributed by atoms with Crippen molar-refractivity contribution in [3.63, 3.8) is 0 Å². The molecule has 14 heavy (non-hydrogen) atoms. The molecule has 0 atom stereocenters. The molecule has 0 aromatic heterocycles. The van der Waals surface area contributed by atoms with E-state index in [1.165, 1.54) is 19.2 Å². The number of phenols is 1. The van der Waals surface area contributed by atoms with Gasteiger partial charge in [0.25, 0.3) is 5.91 Å². The van der Waals surface area contributed by atoms with Crippen molar-refractivity contribution in [2.45, 2.75) is 0 Å². The fraction of sp³-hybridized carbons (Fsp3) is 0.111. The first-order valence-electron chi connectivity index (χ1n) is 3.86. The molecule has 0 aliphatic heterocycles. The molecule has 0 saturated carbocycles. The van der Waals surface area contributed by atoms with Gasteiger partial charge in [0.15, 0.2) is 5.71 Å². The van der Waals surface area contributed by atoms with Gasteiger partial charge in [0.1, 0.15) is 12.9 Å². The second-order valence-corrected chi connectivity index (χ2v) is 2.50. The van der Waals surface area contributed by atoms with E-state index in [1.54, 1.807) is 12.1 Å². The number of rotatable bonds is 3. The van der Waals surface area contributed by atoms with Crippen LogP contribution in [0.25, 0.3) is 0 Å². The summed E-state index contributed by atoms with van der Waals surface area (Å²) in [6.07, 6.45) is 0. The van der Waals surface area contributed by atoms with Crippen molar-refractivity contribution in [3.05, 3.63) is 29.8 Å². The minimum absolute atomic E-state index is 0.0675. The van der Waals surface area contributed by atoms with Gasteiger partial charge in [-0.2, -0.15) is 0 Å². The van der Waals surface area contributed by atoms with Gasteiger partial charge in [-0.25, -0.2) is 0 Å². The maximum Gasteiger partial charge on any atom is 0.271 e. The summed E-state index contributed by atoms with van der Waals surface area (Å²) in [7, 11) is 1.29. The predicted octanol–water partition coefficient (Wildman–Crippen LogP) is 0.228. The smallest absolute Gasteiger partial charge is 0.271 e. The number of oxime groups is 1. The summed E-state index contributed by atoms with van der Waals surface area (Å²) < 4.78 is 0. The minimum atomic E-state index is -0.756. The molecule has 0 bridgehead atoms. The number of nitrogens with zero attached hydrogens (tertiary/aromatic N) is 1. The first kappa shape index (κ1) is 10.0. The highest BCUT2D eigenvalue weighted by molar-refractivity contribution is 6.45. The van der Waals surface area contributed by atoms with Gasteiger partial charge in [-0.1, -0.05) is 17.3 Å². The molecule has 1 aromatic rings. The summed E-state index contributed by atoms with van der Waals surface area (Å²) in [5.41, 5.74) is 5.21. The average Bonchev–Trinajstić information content (AvgIpc) is 2.15. The van der Waals surface area contributed by atoms with Gasteiger partial charge in [-0.15, -0.1) is 0 Å². The van der Waals surface area contributed by atoms with Crippen molar-refractivity contribution in [2.75, 3.05) is 7.11 Å². The van der Waals surface area contributed by atoms with Crippen LogP contribution in [0.1, 0.15) is 5.56 Å². The van der Waals surface area contributed by atoms with Gasteiger partial charge >= 0.3 is 0 Å². The standard InChI is InChI=1S/C9H10N2O3/c1-14-11-8(9(10)13)6-4-2-3-5-7(6)12/h2-5,12H,1H3,(H2,10,13)/b11-8+. The number of benzene rings is 1. The Morgan fingerprint density at radius 1 is 1.50 bits per heavy atom. The van der Waals surface area contributed by atoms with Crippen LogP contribution in [0.4, 0.5) is 0 Å². The normalized spacial score (nSPS) is 11.1. The van der Waals surface area contributed by atoms with E-state index >= 15 is 0 Å². The van der Waals surface area contributed by atoms with Gasteiger partial charge < -0.3 is 15.7 Å². The lowest BCUT2D eigenvalue weighted by Crippen LogP contribution is -2.24. The Kier molecular flexibility index (Phi) is 3.06. The number of aromatic hydroxyl groups is 1. The molecule has 74 valence electrons. The van der Waals surface area contributed by atoms with E-state index in [0.717, 1.165) is 0 Å². The number of phenolic OH excluding ortho intramolecular Hbond substituents is 1. The van der Waals surface area contributed by atoms with Crippen molar-refractivity contribution in [1.29, 1.82) is 0 Å². The van der Waals surface area contributed by atoms with Crippen molar-refractivity contribution in [3.8, 4) is 5.75 Å². The van der Waals surface area contributed by atoms with Crippen LogP contribution in [-0.4, -0.2) is 23.8 Å². The molecule has 0 saturated heterocycles. The number of carbonyl (C=O) groups excluding carboxylic acids is 1. The first-order chi connectivity index (χ1) is 6.66. The Labute approximate surface area is 80.8 Å². The number of hydrogen-bond donors (Lipinski definition) is 2. The second kappa shape index (κ2) is 4.27. The summed E-state index contributed by atoms with van der Waals surface area (Å²) in [5, 5.41) is 12.8. The van der Waals surface area contributed by atoms with E-state index in [0.29, 0.717) is 0 Å². The summed E-state index contributed by atoms with van der Waals surface area (Å²) >= 11 is 0. The topological polar surface area (TPSA) is 84.9 Å². The predicted molar refractivity (Wildman–Crippen MR) is 50.8 cm³/mol. The molecule has 0 radical (unpaired) electrons. The quantitative estimate of drug-likeness (QED) is 0.533. The number of carbonyl (C=O) groups is 1. The zero-order chi connectivity index (χ0) is 10.6. The Balaban J connectivity index is 3.19. The Bertz CT molecular complexity index is 374. The maximum atomic E-state index is 10.9. The number of para-hydroxylation sites is 1. The van der Waals surface area contributed by atoms with E-state index in [4.69, 9.17) is 5.73 Å². The summed E-state index contributed by atoms with van der Waals surface area (Å²) in [5.74, 6) is -0.824. The van der Waals surface area contributed by atoms with Crippen LogP contribution in [0.3, 0.4) is 0 Å². The molecule has 0 heterocycles. The molecule has 1 amide bonds. The van der Waals surface area contributed by atoms with Gasteiger partial charge in [0.05, 0.1) is 5.56 Å². The Morgan fingerprint density at radius 2 is 2.14 bits per heavy atom. The van der Waals surface area contributed by atoms with E-state index < -0.39 is 5.91 Å². The second-order valence-electron chi connectivity index (χ2n) is 2.50. The lowest BCUT2D eigenvalue weighted by molar-refractivity contribution is -0.112. The highest BCUT2D eigenvalue weighted by atomic mass is 16.6. The van der Waals surface area contributed by atoms with E-state index in [9.17, 15) is 9.90 Å². The third-order valence-electron chi connectivity index (χ3n) is 1.58. The average molecular weight is 194 g/mol. The molecule has 0 unspecified atom stereocenters. The van der Waals surface area contributed by atoms with Crippen LogP contribution in [0, 0.1) is 0 Å². The van der Waals surface area contributed by atoms with Gasteiger partial charge in [-0.3, -0.25) is 4.79 Å². The molecule has 1 aromatic carbocycles. The summed E-state index contributed by atoms with van der Waals surface area (Å²) in [4.78, 5) is 15.4. The molecule has 0 fully saturated rings. The number of nitrogens with two attached hydrogens (primary N) is 1. The van der Waals surface area contributed by atoms with Crippen molar-refractivity contribution in [1.82, 2.24) is 0 Å². The summed E-state index contributed by atoms with van der Waals surface area (Å²) in [6.45, 7) is 0. The van der Waals surface area contributed by atoms with Crippen molar-refractivity contribution < 1.29 is 14.7 Å². The molecule has 0 aliphatic rings. The largest absolute Gasteiger partial charge is 0.507 e. The third-order valence-corrected chi connectivity index (χ3v) is 1.58. The highest BCUT2D eigenvalue weighted by Crippen LogP contribution is 2.16. The highest BCUT2D eigenvalue weighted by Gasteiger charge is 2.14. The van der Waals surface area contributed by atoms with E-state index in [2.05, 4.69) is 9.99 Å². The minimum Gasteiger partial charge on any atom is -0.507 e. The SMILES string of the molecule is CO/N=C(/C(N)=O)c1ccccc1O. The molecule has 5 nitrogen and oxygen atoms in total. The Hall–Kier alpha value is -2.04. The number of primary amides is 1. The van der Waals surface area contributed by atoms with Crippen LogP contribution in [0.15, 0.2) is 29.4 Å². The first-order valence-corrected chi connectivity index (χ1v) is 3.86. The van der Waals surface area contributed by atoms with Crippen LogP contribution < -0.4 is 5.73 Å². The lowest BCUT2D eigenvalue weighted by Gasteiger charge is -2.03. The van der Waals surface area contributed by atoms with E-state index in [-0.39, 0.29) is 17.0 Å². The lowest BCUT2D eigenvalue weighted by atomic mass is 10.1. The van der Waals surface area contributed by atoms with Crippen molar-refractivity contribution >= 4 is 11.6 Å². The maximum absolute atomic E-state index is 10.9. The molecular weight excluding hydrogens is 184 g/mol. The Morgan fingerprint density at radius 3 is 2.64 bits per heavy atom. The van der Waals surface area contributed by atoms with Crippen LogP contribution in [0.2, 0.25) is 0 Å². The molecule has 3 N–H and O–H groups in total. The van der Waals surface area contributed by atoms with Crippen molar-refractivity contribution in [2.24, 2.45) is 10.9 Å². The molecule has 0 aliphatic carbocycles. The fourth-order valence-corrected chi connectivity index (χ4v) is 0.992. The molecule has 0 spiro atoms. The monoisotopic (exact) mass is 194 g/mol. The molecule has 1 rings (SSSR count). The number of hydrogen-bond acceptors (Lipinski definition) is 4. The van der Waals surface area contributed by atoms with Crippen LogP contribution in [0.5, 0.6) is 5.75 Å². The van der Waals surface area contributed by atoms with E-state index in [1.807, 2.05) is 0 Å². The van der Waals surface area contributed by atoms with Crippen LogP contribution in [-0.2, 0) is 9.63 Å². The van der Waals surface area contributed by atoms with Crippen LogP contribution >= 0.6 is 0 Å². The fourth-order valence-electron chi connectivity index (χ4n) is 0.992. The molecular formula is C9H10N2O3. The van der Waals surface area contributed by atoms with Gasteiger partial charge in [0, 0.05) is 0 Å². The number of amides is 1.